The molecule has 1 aliphatic rings. The number of thiazole rings is 1. The fraction of sp³-hybridized carbons (Fsp3) is 0.238. The Morgan fingerprint density at radius 3 is 2.70 bits per heavy atom. The fourth-order valence-corrected chi connectivity index (χ4v) is 5.37. The van der Waals surface area contributed by atoms with Gasteiger partial charge in [-0.2, -0.15) is 0 Å². The van der Waals surface area contributed by atoms with E-state index in [-0.39, 0.29) is 16.8 Å². The summed E-state index contributed by atoms with van der Waals surface area (Å²) in [7, 11) is -3.74. The molecule has 1 aliphatic heterocycles. The average molecular weight is 444 g/mol. The molecule has 1 atom stereocenters. The third kappa shape index (κ3) is 3.90. The molecule has 7 nitrogen and oxygen atoms in total. The highest BCUT2D eigenvalue weighted by molar-refractivity contribution is 7.93. The summed E-state index contributed by atoms with van der Waals surface area (Å²) in [5, 5.41) is 2.02. The summed E-state index contributed by atoms with van der Waals surface area (Å²) in [6.07, 6.45) is 2.12. The molecule has 0 spiro atoms. The molecule has 0 saturated carbocycles. The first-order valence-corrected chi connectivity index (χ1v) is 11.9. The van der Waals surface area contributed by atoms with Crippen molar-refractivity contribution in [3.63, 3.8) is 0 Å². The smallest absolute Gasteiger partial charge is 0.263 e. The van der Waals surface area contributed by atoms with E-state index in [1.807, 2.05) is 13.8 Å². The van der Waals surface area contributed by atoms with Gasteiger partial charge >= 0.3 is 0 Å². The molecule has 4 rings (SSSR count). The van der Waals surface area contributed by atoms with Gasteiger partial charge in [0.15, 0.2) is 5.13 Å². The minimum Gasteiger partial charge on any atom is -0.494 e. The van der Waals surface area contributed by atoms with Gasteiger partial charge in [0.25, 0.3) is 15.9 Å². The van der Waals surface area contributed by atoms with E-state index in [1.165, 1.54) is 23.6 Å². The number of ether oxygens (including phenoxy) is 1. The molecule has 2 heterocycles. The van der Waals surface area contributed by atoms with E-state index < -0.39 is 10.0 Å². The number of benzene rings is 2. The average Bonchev–Trinajstić information content (AvgIpc) is 3.34. The van der Waals surface area contributed by atoms with E-state index in [4.69, 9.17) is 4.74 Å². The van der Waals surface area contributed by atoms with Crippen molar-refractivity contribution in [1.29, 1.82) is 0 Å². The standard InChI is InChI=1S/C21H21N3O4S2/c1-3-28-17-6-4-15(5-7-17)20(25)24-14(2)12-16-13-18(8-9-19(16)24)30(26,27)23-21-22-10-11-29-21/h4-11,13-14H,3,12H2,1-2H3,(H,22,23). The van der Waals surface area contributed by atoms with Gasteiger partial charge in [0.2, 0.25) is 0 Å². The molecule has 1 unspecified atom stereocenters. The van der Waals surface area contributed by atoms with Gasteiger partial charge < -0.3 is 9.64 Å². The third-order valence-corrected chi connectivity index (χ3v) is 7.02. The molecule has 9 heteroatoms. The molecule has 3 aromatic rings. The van der Waals surface area contributed by atoms with Crippen LogP contribution >= 0.6 is 11.3 Å². The van der Waals surface area contributed by atoms with Crippen LogP contribution in [-0.4, -0.2) is 32.0 Å². The number of carbonyl (C=O) groups excluding carboxylic acids is 1. The lowest BCUT2D eigenvalue weighted by atomic mass is 10.1. The summed E-state index contributed by atoms with van der Waals surface area (Å²) in [4.78, 5) is 19.0. The number of aromatic nitrogens is 1. The Morgan fingerprint density at radius 1 is 1.27 bits per heavy atom. The number of carbonyl (C=O) groups is 1. The monoisotopic (exact) mass is 443 g/mol. The van der Waals surface area contributed by atoms with Crippen molar-refractivity contribution in [3.05, 3.63) is 65.2 Å². The minimum absolute atomic E-state index is 0.0797. The molecule has 0 radical (unpaired) electrons. The van der Waals surface area contributed by atoms with Gasteiger partial charge in [-0.15, -0.1) is 11.3 Å². The summed E-state index contributed by atoms with van der Waals surface area (Å²) in [6.45, 7) is 4.42. The van der Waals surface area contributed by atoms with Gasteiger partial charge in [0.05, 0.1) is 11.5 Å². The van der Waals surface area contributed by atoms with E-state index in [2.05, 4.69) is 9.71 Å². The van der Waals surface area contributed by atoms with Crippen LogP contribution in [-0.2, 0) is 16.4 Å². The quantitative estimate of drug-likeness (QED) is 0.624. The number of nitrogens with one attached hydrogen (secondary N) is 1. The number of amides is 1. The van der Waals surface area contributed by atoms with Gasteiger partial charge in [0, 0.05) is 28.9 Å². The lowest BCUT2D eigenvalue weighted by molar-refractivity contribution is 0.0981. The van der Waals surface area contributed by atoms with Gasteiger partial charge in [-0.05, 0) is 68.3 Å². The predicted molar refractivity (Wildman–Crippen MR) is 117 cm³/mol. The second-order valence-electron chi connectivity index (χ2n) is 6.92. The van der Waals surface area contributed by atoms with Gasteiger partial charge in [0.1, 0.15) is 5.75 Å². The van der Waals surface area contributed by atoms with Gasteiger partial charge in [-0.1, -0.05) is 0 Å². The zero-order chi connectivity index (χ0) is 21.3. The number of rotatable bonds is 6. The number of hydrogen-bond acceptors (Lipinski definition) is 6. The normalized spacial score (nSPS) is 15.7. The van der Waals surface area contributed by atoms with Crippen molar-refractivity contribution in [2.75, 3.05) is 16.2 Å². The van der Waals surface area contributed by atoms with E-state index in [1.54, 1.807) is 46.7 Å². The molecule has 0 aliphatic carbocycles. The molecule has 1 amide bonds. The maximum atomic E-state index is 13.1. The van der Waals surface area contributed by atoms with Crippen LogP contribution in [0.1, 0.15) is 29.8 Å². The van der Waals surface area contributed by atoms with E-state index in [0.717, 1.165) is 11.3 Å². The van der Waals surface area contributed by atoms with Crippen molar-refractivity contribution < 1.29 is 17.9 Å². The minimum atomic E-state index is -3.74. The van der Waals surface area contributed by atoms with Crippen LogP contribution in [0.3, 0.4) is 0 Å². The molecule has 2 aromatic carbocycles. The summed E-state index contributed by atoms with van der Waals surface area (Å²) < 4.78 is 33.2. The highest BCUT2D eigenvalue weighted by Gasteiger charge is 2.32. The number of hydrogen-bond donors (Lipinski definition) is 1. The molecule has 30 heavy (non-hydrogen) atoms. The van der Waals surface area contributed by atoms with Crippen molar-refractivity contribution >= 4 is 38.1 Å². The van der Waals surface area contributed by atoms with E-state index in [0.29, 0.717) is 29.5 Å². The lowest BCUT2D eigenvalue weighted by Crippen LogP contribution is -2.35. The van der Waals surface area contributed by atoms with Crippen LogP contribution in [0, 0.1) is 0 Å². The van der Waals surface area contributed by atoms with Crippen molar-refractivity contribution in [2.24, 2.45) is 0 Å². The van der Waals surface area contributed by atoms with E-state index >= 15 is 0 Å². The summed E-state index contributed by atoms with van der Waals surface area (Å²) in [5.41, 5.74) is 2.11. The second-order valence-corrected chi connectivity index (χ2v) is 9.50. The molecule has 0 saturated heterocycles. The Morgan fingerprint density at radius 2 is 2.03 bits per heavy atom. The van der Waals surface area contributed by atoms with Crippen LogP contribution in [0.5, 0.6) is 5.75 Å². The Bertz CT molecular complexity index is 1160. The first kappa shape index (κ1) is 20.4. The highest BCUT2D eigenvalue weighted by atomic mass is 32.2. The highest BCUT2D eigenvalue weighted by Crippen LogP contribution is 2.35. The van der Waals surface area contributed by atoms with Gasteiger partial charge in [-0.25, -0.2) is 13.4 Å². The van der Waals surface area contributed by atoms with Crippen LogP contribution in [0.25, 0.3) is 0 Å². The lowest BCUT2D eigenvalue weighted by Gasteiger charge is -2.23. The number of fused-ring (bicyclic) bond motifs is 1. The Balaban J connectivity index is 1.60. The van der Waals surface area contributed by atoms with E-state index in [9.17, 15) is 13.2 Å². The van der Waals surface area contributed by atoms with Crippen LogP contribution < -0.4 is 14.4 Å². The molecule has 0 fully saturated rings. The van der Waals surface area contributed by atoms with Gasteiger partial charge in [-0.3, -0.25) is 9.52 Å². The second kappa shape index (κ2) is 8.08. The number of sulfonamides is 1. The number of nitrogens with zero attached hydrogens (tertiary/aromatic N) is 2. The maximum absolute atomic E-state index is 13.1. The Labute approximate surface area is 179 Å². The summed E-state index contributed by atoms with van der Waals surface area (Å²) >= 11 is 1.21. The molecular formula is C21H21N3O4S2. The van der Waals surface area contributed by atoms with Crippen LogP contribution in [0.2, 0.25) is 0 Å². The summed E-state index contributed by atoms with van der Waals surface area (Å²) in [5.74, 6) is 0.590. The summed E-state index contributed by atoms with van der Waals surface area (Å²) in [6, 6.07) is 11.8. The van der Waals surface area contributed by atoms with Crippen molar-refractivity contribution in [2.45, 2.75) is 31.2 Å². The molecule has 156 valence electrons. The maximum Gasteiger partial charge on any atom is 0.263 e. The Kier molecular flexibility index (Phi) is 5.48. The first-order chi connectivity index (χ1) is 14.4. The Hall–Kier alpha value is -2.91. The molecule has 1 N–H and O–H groups in total. The largest absolute Gasteiger partial charge is 0.494 e. The van der Waals surface area contributed by atoms with Crippen LogP contribution in [0.15, 0.2) is 58.9 Å². The predicted octanol–water partition coefficient (Wildman–Crippen LogP) is 3.93. The zero-order valence-electron chi connectivity index (χ0n) is 16.5. The fourth-order valence-electron chi connectivity index (χ4n) is 3.53. The topological polar surface area (TPSA) is 88.6 Å². The molecular weight excluding hydrogens is 422 g/mol. The zero-order valence-corrected chi connectivity index (χ0v) is 18.2. The molecule has 0 bridgehead atoms. The molecule has 1 aromatic heterocycles. The number of anilines is 2. The first-order valence-electron chi connectivity index (χ1n) is 9.50. The third-order valence-electron chi connectivity index (χ3n) is 4.86. The SMILES string of the molecule is CCOc1ccc(C(=O)N2c3ccc(S(=O)(=O)Nc4nccs4)cc3CC2C)cc1. The van der Waals surface area contributed by atoms with Crippen LogP contribution in [0.4, 0.5) is 10.8 Å². The van der Waals surface area contributed by atoms with Crippen molar-refractivity contribution in [3.8, 4) is 5.75 Å². The van der Waals surface area contributed by atoms with Crippen molar-refractivity contribution in [1.82, 2.24) is 4.98 Å².